The fraction of sp³-hybridized carbons (Fsp3) is 0.0952. The Balaban J connectivity index is 1.89. The van der Waals surface area contributed by atoms with Crippen molar-refractivity contribution in [1.29, 1.82) is 0 Å². The first-order chi connectivity index (χ1) is 13.5. The van der Waals surface area contributed by atoms with Gasteiger partial charge in [0.2, 0.25) is 0 Å². The summed E-state index contributed by atoms with van der Waals surface area (Å²) in [5.41, 5.74) is 11.0. The molecule has 4 aromatic rings. The molecule has 0 aliphatic rings. The van der Waals surface area contributed by atoms with Crippen LogP contribution >= 0.6 is 23.8 Å². The zero-order valence-electron chi connectivity index (χ0n) is 15.3. The number of ether oxygens (including phenoxy) is 1. The highest BCUT2D eigenvalue weighted by Crippen LogP contribution is 2.33. The Morgan fingerprint density at radius 3 is 2.54 bits per heavy atom. The van der Waals surface area contributed by atoms with Gasteiger partial charge in [0.1, 0.15) is 10.9 Å². The molecule has 0 fully saturated rings. The number of hydrogen-bond donors (Lipinski definition) is 1. The fourth-order valence-electron chi connectivity index (χ4n) is 3.10. The number of benzene rings is 2. The molecule has 0 aliphatic heterocycles. The fourth-order valence-corrected chi connectivity index (χ4v) is 3.48. The Morgan fingerprint density at radius 1 is 1.11 bits per heavy atom. The third-order valence-corrected chi connectivity index (χ3v) is 4.96. The topological polar surface area (TPSA) is 66.0 Å². The second kappa shape index (κ2) is 7.22. The van der Waals surface area contributed by atoms with E-state index in [-0.39, 0.29) is 5.11 Å². The van der Waals surface area contributed by atoms with Crippen LogP contribution in [0.3, 0.4) is 0 Å². The van der Waals surface area contributed by atoms with Crippen molar-refractivity contribution in [2.45, 2.75) is 6.92 Å². The van der Waals surface area contributed by atoms with Gasteiger partial charge in [-0.2, -0.15) is 5.10 Å². The molecule has 0 radical (unpaired) electrons. The van der Waals surface area contributed by atoms with Crippen LogP contribution in [0.4, 0.5) is 0 Å². The number of rotatable bonds is 3. The van der Waals surface area contributed by atoms with E-state index >= 15 is 0 Å². The lowest BCUT2D eigenvalue weighted by molar-refractivity contribution is 0.415. The first-order valence-electron chi connectivity index (χ1n) is 8.58. The minimum absolute atomic E-state index is 0.134. The van der Waals surface area contributed by atoms with Crippen LogP contribution in [0.1, 0.15) is 5.56 Å². The summed E-state index contributed by atoms with van der Waals surface area (Å²) in [5, 5.41) is 6.07. The number of aromatic nitrogens is 3. The molecule has 140 valence electrons. The molecule has 5 nitrogen and oxygen atoms in total. The summed E-state index contributed by atoms with van der Waals surface area (Å²) in [5.74, 6) is 0.773. The van der Waals surface area contributed by atoms with E-state index in [0.29, 0.717) is 10.8 Å². The van der Waals surface area contributed by atoms with Crippen LogP contribution in [0.2, 0.25) is 5.15 Å². The molecule has 4 rings (SSSR count). The van der Waals surface area contributed by atoms with Gasteiger partial charge in [0.05, 0.1) is 24.0 Å². The Hall–Kier alpha value is -2.96. The van der Waals surface area contributed by atoms with E-state index in [2.05, 4.69) is 16.1 Å². The molecule has 2 N–H and O–H groups in total. The van der Waals surface area contributed by atoms with E-state index in [4.69, 9.17) is 34.3 Å². The SMILES string of the molecule is COc1ccc(-c2cc(-c3cc4cc(C)ccc4nc3Cl)n(C(N)=S)n2)cc1. The summed E-state index contributed by atoms with van der Waals surface area (Å²) < 4.78 is 6.73. The van der Waals surface area contributed by atoms with Gasteiger partial charge in [-0.05, 0) is 67.7 Å². The smallest absolute Gasteiger partial charge is 0.191 e. The van der Waals surface area contributed by atoms with Gasteiger partial charge in [0.15, 0.2) is 5.11 Å². The second-order valence-corrected chi connectivity index (χ2v) is 7.19. The van der Waals surface area contributed by atoms with Crippen LogP contribution in [0.25, 0.3) is 33.4 Å². The van der Waals surface area contributed by atoms with Crippen molar-refractivity contribution in [2.75, 3.05) is 7.11 Å². The van der Waals surface area contributed by atoms with E-state index in [9.17, 15) is 0 Å². The third kappa shape index (κ3) is 3.32. The molecule has 0 spiro atoms. The van der Waals surface area contributed by atoms with Crippen LogP contribution in [0.15, 0.2) is 54.6 Å². The van der Waals surface area contributed by atoms with E-state index in [1.54, 1.807) is 7.11 Å². The number of thiocarbonyl (C=S) groups is 1. The molecule has 2 aromatic carbocycles. The lowest BCUT2D eigenvalue weighted by atomic mass is 10.1. The molecule has 0 amide bonds. The number of nitrogens with zero attached hydrogens (tertiary/aromatic N) is 3. The average molecular weight is 409 g/mol. The van der Waals surface area contributed by atoms with Crippen LogP contribution in [-0.2, 0) is 0 Å². The molecule has 2 heterocycles. The summed E-state index contributed by atoms with van der Waals surface area (Å²) in [6.45, 7) is 2.04. The number of nitrogens with two attached hydrogens (primary N) is 1. The Bertz CT molecular complexity index is 1200. The Labute approximate surface area is 172 Å². The molecule has 0 bridgehead atoms. The highest BCUT2D eigenvalue weighted by molar-refractivity contribution is 7.80. The first-order valence-corrected chi connectivity index (χ1v) is 9.36. The second-order valence-electron chi connectivity index (χ2n) is 6.42. The Morgan fingerprint density at radius 2 is 1.86 bits per heavy atom. The van der Waals surface area contributed by atoms with Crippen molar-refractivity contribution in [3.63, 3.8) is 0 Å². The molecule has 0 unspecified atom stereocenters. The largest absolute Gasteiger partial charge is 0.497 e. The molecule has 7 heteroatoms. The van der Waals surface area contributed by atoms with Crippen molar-refractivity contribution in [1.82, 2.24) is 14.8 Å². The monoisotopic (exact) mass is 408 g/mol. The van der Waals surface area contributed by atoms with Gasteiger partial charge in [-0.25, -0.2) is 9.67 Å². The number of fused-ring (bicyclic) bond motifs is 1. The summed E-state index contributed by atoms with van der Waals surface area (Å²) in [6, 6.07) is 17.5. The van der Waals surface area contributed by atoms with Crippen molar-refractivity contribution in [3.05, 3.63) is 65.3 Å². The molecule has 0 aliphatic carbocycles. The van der Waals surface area contributed by atoms with Crippen molar-refractivity contribution >= 4 is 39.8 Å². The minimum atomic E-state index is 0.134. The average Bonchev–Trinajstić information content (AvgIpc) is 3.13. The molecular weight excluding hydrogens is 392 g/mol. The summed E-state index contributed by atoms with van der Waals surface area (Å²) in [4.78, 5) is 4.52. The molecular formula is C21H17ClN4OS. The maximum Gasteiger partial charge on any atom is 0.191 e. The van der Waals surface area contributed by atoms with E-state index < -0.39 is 0 Å². The number of halogens is 1. The summed E-state index contributed by atoms with van der Waals surface area (Å²) in [7, 11) is 1.63. The normalized spacial score (nSPS) is 11.0. The summed E-state index contributed by atoms with van der Waals surface area (Å²) in [6.07, 6.45) is 0. The van der Waals surface area contributed by atoms with Crippen LogP contribution in [-0.4, -0.2) is 27.0 Å². The standard InChI is InChI=1S/C21H17ClN4OS/c1-12-3-8-17-14(9-12)10-16(20(22)24-17)19-11-18(25-26(19)21(23)28)13-4-6-15(27-2)7-5-13/h3-11H,1-2H3,(H2,23,28). The van der Waals surface area contributed by atoms with Gasteiger partial charge in [-0.15, -0.1) is 0 Å². The predicted octanol–water partition coefficient (Wildman–Crippen LogP) is 4.83. The zero-order chi connectivity index (χ0) is 19.8. The number of aryl methyl sites for hydroxylation is 1. The van der Waals surface area contributed by atoms with Gasteiger partial charge < -0.3 is 10.5 Å². The molecule has 0 saturated carbocycles. The quantitative estimate of drug-likeness (QED) is 0.388. The van der Waals surface area contributed by atoms with E-state index in [1.807, 2.05) is 55.5 Å². The highest BCUT2D eigenvalue weighted by Gasteiger charge is 2.17. The maximum atomic E-state index is 6.50. The maximum absolute atomic E-state index is 6.50. The highest BCUT2D eigenvalue weighted by atomic mass is 35.5. The van der Waals surface area contributed by atoms with Gasteiger partial charge >= 0.3 is 0 Å². The zero-order valence-corrected chi connectivity index (χ0v) is 16.9. The van der Waals surface area contributed by atoms with Gasteiger partial charge in [0.25, 0.3) is 0 Å². The van der Waals surface area contributed by atoms with Crippen LogP contribution < -0.4 is 10.5 Å². The predicted molar refractivity (Wildman–Crippen MR) is 117 cm³/mol. The molecule has 0 saturated heterocycles. The van der Waals surface area contributed by atoms with Crippen molar-refractivity contribution in [3.8, 4) is 28.3 Å². The summed E-state index contributed by atoms with van der Waals surface area (Å²) >= 11 is 11.7. The van der Waals surface area contributed by atoms with Crippen molar-refractivity contribution in [2.24, 2.45) is 5.73 Å². The van der Waals surface area contributed by atoms with Crippen molar-refractivity contribution < 1.29 is 4.74 Å². The molecule has 28 heavy (non-hydrogen) atoms. The Kier molecular flexibility index (Phi) is 4.75. The van der Waals surface area contributed by atoms with E-state index in [1.165, 1.54) is 4.68 Å². The minimum Gasteiger partial charge on any atom is -0.497 e. The number of pyridine rings is 1. The van der Waals surface area contributed by atoms with Crippen LogP contribution in [0.5, 0.6) is 5.75 Å². The van der Waals surface area contributed by atoms with Gasteiger partial charge in [-0.1, -0.05) is 23.2 Å². The lowest BCUT2D eigenvalue weighted by Crippen LogP contribution is -2.21. The van der Waals surface area contributed by atoms with Crippen LogP contribution in [0, 0.1) is 6.92 Å². The van der Waals surface area contributed by atoms with Gasteiger partial charge in [0, 0.05) is 16.5 Å². The molecule has 0 atom stereocenters. The van der Waals surface area contributed by atoms with Gasteiger partial charge in [-0.3, -0.25) is 0 Å². The number of methoxy groups -OCH3 is 1. The molecule has 2 aromatic heterocycles. The lowest BCUT2D eigenvalue weighted by Gasteiger charge is -2.08. The van der Waals surface area contributed by atoms with E-state index in [0.717, 1.165) is 39.0 Å². The first kappa shape index (κ1) is 18.4. The third-order valence-electron chi connectivity index (χ3n) is 4.50. The number of hydrogen-bond acceptors (Lipinski definition) is 4.